The highest BCUT2D eigenvalue weighted by molar-refractivity contribution is 5.20. The van der Waals surface area contributed by atoms with Gasteiger partial charge in [0.2, 0.25) is 0 Å². The molecule has 0 aliphatic carbocycles. The summed E-state index contributed by atoms with van der Waals surface area (Å²) < 4.78 is 0. The fourth-order valence-electron chi connectivity index (χ4n) is 1.53. The van der Waals surface area contributed by atoms with Crippen LogP contribution in [0.15, 0.2) is 43.0 Å². The summed E-state index contributed by atoms with van der Waals surface area (Å²) in [5.74, 6) is 0.451. The molecule has 0 unspecified atom stereocenters. The Hall–Kier alpha value is -1.08. The number of hydrogen-bond acceptors (Lipinski definition) is 1. The third kappa shape index (κ3) is 2.43. The van der Waals surface area contributed by atoms with Crippen LogP contribution in [-0.4, -0.2) is 7.05 Å². The lowest BCUT2D eigenvalue weighted by atomic mass is 9.95. The van der Waals surface area contributed by atoms with Gasteiger partial charge in [-0.05, 0) is 18.5 Å². The Bertz CT molecular complexity index is 253. The van der Waals surface area contributed by atoms with E-state index in [2.05, 4.69) is 43.1 Å². The van der Waals surface area contributed by atoms with Crippen molar-refractivity contribution in [2.75, 3.05) is 7.05 Å². The minimum absolute atomic E-state index is 0.374. The summed E-state index contributed by atoms with van der Waals surface area (Å²) in [5.41, 5.74) is 1.32. The predicted molar refractivity (Wildman–Crippen MR) is 57.6 cm³/mol. The molecule has 1 aromatic rings. The van der Waals surface area contributed by atoms with Crippen LogP contribution in [0.4, 0.5) is 0 Å². The van der Waals surface area contributed by atoms with E-state index in [0.29, 0.717) is 12.0 Å². The maximum absolute atomic E-state index is 3.81. The Kier molecular flexibility index (Phi) is 3.71. The van der Waals surface area contributed by atoms with Gasteiger partial charge in [-0.2, -0.15) is 0 Å². The van der Waals surface area contributed by atoms with Crippen molar-refractivity contribution in [1.82, 2.24) is 5.32 Å². The Morgan fingerprint density at radius 1 is 1.31 bits per heavy atom. The molecule has 1 heteroatoms. The third-order valence-corrected chi connectivity index (χ3v) is 2.37. The van der Waals surface area contributed by atoms with Crippen molar-refractivity contribution < 1.29 is 0 Å². The molecule has 0 aliphatic rings. The smallest absolute Gasteiger partial charge is 0.0378 e. The molecule has 1 aromatic carbocycles. The van der Waals surface area contributed by atoms with Crippen LogP contribution in [-0.2, 0) is 0 Å². The molecule has 70 valence electrons. The summed E-state index contributed by atoms with van der Waals surface area (Å²) in [5, 5.41) is 3.30. The van der Waals surface area contributed by atoms with Gasteiger partial charge in [0.1, 0.15) is 0 Å². The molecule has 0 bridgehead atoms. The monoisotopic (exact) mass is 175 g/mol. The lowest BCUT2D eigenvalue weighted by molar-refractivity contribution is 0.483. The van der Waals surface area contributed by atoms with Crippen molar-refractivity contribution in [2.24, 2.45) is 5.92 Å². The van der Waals surface area contributed by atoms with Crippen LogP contribution in [0, 0.1) is 5.92 Å². The average molecular weight is 175 g/mol. The van der Waals surface area contributed by atoms with E-state index < -0.39 is 0 Å². The van der Waals surface area contributed by atoms with Crippen molar-refractivity contribution in [2.45, 2.75) is 13.0 Å². The largest absolute Gasteiger partial charge is 0.313 e. The first kappa shape index (κ1) is 10.0. The topological polar surface area (TPSA) is 12.0 Å². The zero-order valence-electron chi connectivity index (χ0n) is 8.33. The molecule has 0 radical (unpaired) electrons. The Balaban J connectivity index is 2.84. The summed E-state index contributed by atoms with van der Waals surface area (Å²) in [6.45, 7) is 5.98. The van der Waals surface area contributed by atoms with Crippen LogP contribution in [0.3, 0.4) is 0 Å². The second-order valence-electron chi connectivity index (χ2n) is 3.27. The highest BCUT2D eigenvalue weighted by atomic mass is 14.9. The first-order valence-corrected chi connectivity index (χ1v) is 4.64. The van der Waals surface area contributed by atoms with E-state index in [4.69, 9.17) is 0 Å². The second-order valence-corrected chi connectivity index (χ2v) is 3.27. The van der Waals surface area contributed by atoms with Crippen LogP contribution in [0.1, 0.15) is 18.5 Å². The van der Waals surface area contributed by atoms with Crippen molar-refractivity contribution in [3.8, 4) is 0 Å². The number of rotatable bonds is 4. The third-order valence-electron chi connectivity index (χ3n) is 2.37. The molecule has 0 aliphatic heterocycles. The SMILES string of the molecule is C=C[C@H](C)[C@H](NC)c1ccccc1. The zero-order chi connectivity index (χ0) is 9.68. The Labute approximate surface area is 80.5 Å². The lowest BCUT2D eigenvalue weighted by Gasteiger charge is -2.20. The molecule has 0 fully saturated rings. The van der Waals surface area contributed by atoms with Crippen molar-refractivity contribution in [1.29, 1.82) is 0 Å². The molecule has 2 atom stereocenters. The van der Waals surface area contributed by atoms with E-state index in [0.717, 1.165) is 0 Å². The van der Waals surface area contributed by atoms with E-state index >= 15 is 0 Å². The Morgan fingerprint density at radius 2 is 1.92 bits per heavy atom. The van der Waals surface area contributed by atoms with Crippen LogP contribution in [0.25, 0.3) is 0 Å². The quantitative estimate of drug-likeness (QED) is 0.694. The first-order valence-electron chi connectivity index (χ1n) is 4.64. The van der Waals surface area contributed by atoms with Gasteiger partial charge in [0.05, 0.1) is 0 Å². The second kappa shape index (κ2) is 4.83. The zero-order valence-corrected chi connectivity index (χ0v) is 8.33. The van der Waals surface area contributed by atoms with Gasteiger partial charge in [-0.1, -0.05) is 43.3 Å². The average Bonchev–Trinajstić information content (AvgIpc) is 2.20. The summed E-state index contributed by atoms with van der Waals surface area (Å²) in [6, 6.07) is 10.8. The normalized spacial score (nSPS) is 14.9. The minimum Gasteiger partial charge on any atom is -0.313 e. The van der Waals surface area contributed by atoms with Crippen LogP contribution < -0.4 is 5.32 Å². The summed E-state index contributed by atoms with van der Waals surface area (Å²) in [4.78, 5) is 0. The van der Waals surface area contributed by atoms with Gasteiger partial charge in [0.15, 0.2) is 0 Å². The van der Waals surface area contributed by atoms with E-state index in [9.17, 15) is 0 Å². The highest BCUT2D eigenvalue weighted by Crippen LogP contribution is 2.21. The molecule has 0 spiro atoms. The minimum atomic E-state index is 0.374. The fourth-order valence-corrected chi connectivity index (χ4v) is 1.53. The molecule has 1 nitrogen and oxygen atoms in total. The van der Waals surface area contributed by atoms with Crippen LogP contribution in [0.5, 0.6) is 0 Å². The van der Waals surface area contributed by atoms with Crippen LogP contribution in [0.2, 0.25) is 0 Å². The van der Waals surface area contributed by atoms with Gasteiger partial charge in [-0.25, -0.2) is 0 Å². The molecular weight excluding hydrogens is 158 g/mol. The Morgan fingerprint density at radius 3 is 2.38 bits per heavy atom. The van der Waals surface area contributed by atoms with Crippen LogP contribution >= 0.6 is 0 Å². The lowest BCUT2D eigenvalue weighted by Crippen LogP contribution is -2.21. The van der Waals surface area contributed by atoms with E-state index in [1.54, 1.807) is 0 Å². The van der Waals surface area contributed by atoms with Crippen molar-refractivity contribution in [3.63, 3.8) is 0 Å². The number of nitrogens with one attached hydrogen (secondary N) is 1. The molecule has 0 heterocycles. The highest BCUT2D eigenvalue weighted by Gasteiger charge is 2.13. The van der Waals surface area contributed by atoms with E-state index in [-0.39, 0.29) is 0 Å². The van der Waals surface area contributed by atoms with Crippen molar-refractivity contribution >= 4 is 0 Å². The summed E-state index contributed by atoms with van der Waals surface area (Å²) in [6.07, 6.45) is 1.98. The van der Waals surface area contributed by atoms with E-state index in [1.807, 2.05) is 19.2 Å². The molecular formula is C12H17N. The maximum Gasteiger partial charge on any atom is 0.0378 e. The van der Waals surface area contributed by atoms with Gasteiger partial charge in [0.25, 0.3) is 0 Å². The molecule has 13 heavy (non-hydrogen) atoms. The molecule has 0 saturated heterocycles. The summed E-state index contributed by atoms with van der Waals surface area (Å²) in [7, 11) is 1.98. The fraction of sp³-hybridized carbons (Fsp3) is 0.333. The molecule has 0 aromatic heterocycles. The summed E-state index contributed by atoms with van der Waals surface area (Å²) >= 11 is 0. The maximum atomic E-state index is 3.81. The number of benzene rings is 1. The molecule has 0 amide bonds. The van der Waals surface area contributed by atoms with Gasteiger partial charge < -0.3 is 5.32 Å². The van der Waals surface area contributed by atoms with Crippen molar-refractivity contribution in [3.05, 3.63) is 48.6 Å². The van der Waals surface area contributed by atoms with Gasteiger partial charge in [-0.3, -0.25) is 0 Å². The van der Waals surface area contributed by atoms with E-state index in [1.165, 1.54) is 5.56 Å². The first-order chi connectivity index (χ1) is 6.29. The predicted octanol–water partition coefficient (Wildman–Crippen LogP) is 2.77. The number of hydrogen-bond donors (Lipinski definition) is 1. The van der Waals surface area contributed by atoms with Gasteiger partial charge in [-0.15, -0.1) is 6.58 Å². The van der Waals surface area contributed by atoms with Gasteiger partial charge >= 0.3 is 0 Å². The van der Waals surface area contributed by atoms with Gasteiger partial charge in [0, 0.05) is 6.04 Å². The molecule has 0 saturated carbocycles. The molecule has 1 rings (SSSR count). The molecule has 1 N–H and O–H groups in total. The standard InChI is InChI=1S/C12H17N/c1-4-10(2)12(13-3)11-8-6-5-7-9-11/h4-10,12-13H,1H2,2-3H3/t10-,12-/m0/s1.